The van der Waals surface area contributed by atoms with Crippen LogP contribution in [0, 0.1) is 28.6 Å². The van der Waals surface area contributed by atoms with Crippen molar-refractivity contribution in [1.29, 1.82) is 0 Å². The molecule has 3 rings (SSSR count). The molecule has 0 radical (unpaired) electrons. The van der Waals surface area contributed by atoms with Gasteiger partial charge in [0.25, 0.3) is 0 Å². The van der Waals surface area contributed by atoms with Gasteiger partial charge in [0, 0.05) is 27.9 Å². The molecule has 18 heavy (non-hydrogen) atoms. The van der Waals surface area contributed by atoms with Crippen molar-refractivity contribution in [1.82, 2.24) is 0 Å². The van der Waals surface area contributed by atoms with Crippen LogP contribution in [0.25, 0.3) is 0 Å². The van der Waals surface area contributed by atoms with E-state index in [0.717, 1.165) is 23.4 Å². The molecule has 0 heterocycles. The summed E-state index contributed by atoms with van der Waals surface area (Å²) in [5.41, 5.74) is 2.82. The van der Waals surface area contributed by atoms with Crippen LogP contribution in [-0.4, -0.2) is 0 Å². The molecule has 0 nitrogen and oxygen atoms in total. The molecular formula is C17H19Cl. The standard InChI is InChI=1S/C17H19Cl/c1-12(2)9-14-13(3)7-5-4-6-8-16-10-17(16,11-16)15(14)18/h6,8,12H,3-4,9-11H2,1-2H3/b8-6-,15-14+. The largest absolute Gasteiger partial charge is 0.0938 e. The Bertz CT molecular complexity index is 528. The molecule has 3 aliphatic carbocycles. The Morgan fingerprint density at radius 3 is 2.83 bits per heavy atom. The molecule has 3 aliphatic rings. The highest BCUT2D eigenvalue weighted by molar-refractivity contribution is 6.32. The summed E-state index contributed by atoms with van der Waals surface area (Å²) in [5.74, 6) is 6.94. The zero-order valence-electron chi connectivity index (χ0n) is 11.1. The highest BCUT2D eigenvalue weighted by atomic mass is 35.5. The smallest absolute Gasteiger partial charge is 0.0296 e. The minimum atomic E-state index is 0.275. The minimum Gasteiger partial charge on any atom is -0.0938 e. The van der Waals surface area contributed by atoms with Crippen LogP contribution < -0.4 is 0 Å². The Morgan fingerprint density at radius 1 is 1.44 bits per heavy atom. The van der Waals surface area contributed by atoms with Gasteiger partial charge in [-0.15, -0.1) is 0 Å². The molecule has 0 N–H and O–H groups in total. The maximum Gasteiger partial charge on any atom is 0.0296 e. The second kappa shape index (κ2) is 3.78. The number of allylic oxidation sites excluding steroid dienone is 5. The van der Waals surface area contributed by atoms with Gasteiger partial charge in [-0.05, 0) is 30.8 Å². The van der Waals surface area contributed by atoms with Crippen molar-refractivity contribution in [3.63, 3.8) is 0 Å². The van der Waals surface area contributed by atoms with E-state index in [9.17, 15) is 0 Å². The summed E-state index contributed by atoms with van der Waals surface area (Å²) >= 11 is 6.71. The molecule has 0 aliphatic heterocycles. The summed E-state index contributed by atoms with van der Waals surface area (Å²) < 4.78 is 0. The van der Waals surface area contributed by atoms with Crippen molar-refractivity contribution in [3.05, 3.63) is 34.9 Å². The first-order chi connectivity index (χ1) is 8.51. The minimum absolute atomic E-state index is 0.275. The second-order valence-corrected chi connectivity index (χ2v) is 6.75. The molecule has 0 aromatic carbocycles. The summed E-state index contributed by atoms with van der Waals surface area (Å²) in [5, 5.41) is 1.06. The van der Waals surface area contributed by atoms with Gasteiger partial charge in [-0.2, -0.15) is 0 Å². The molecule has 2 fully saturated rings. The second-order valence-electron chi connectivity index (χ2n) is 6.37. The highest BCUT2D eigenvalue weighted by Gasteiger charge is 2.83. The Balaban J connectivity index is 2.02. The Labute approximate surface area is 115 Å². The van der Waals surface area contributed by atoms with Crippen LogP contribution in [0.5, 0.6) is 0 Å². The van der Waals surface area contributed by atoms with E-state index in [2.05, 4.69) is 44.4 Å². The summed E-state index contributed by atoms with van der Waals surface area (Å²) in [4.78, 5) is 0. The van der Waals surface area contributed by atoms with E-state index in [1.54, 1.807) is 0 Å². The van der Waals surface area contributed by atoms with Crippen molar-refractivity contribution >= 4 is 11.6 Å². The fraction of sp³-hybridized carbons (Fsp3) is 0.529. The van der Waals surface area contributed by atoms with E-state index in [-0.39, 0.29) is 5.41 Å². The molecule has 0 bridgehead atoms. The lowest BCUT2D eigenvalue weighted by molar-refractivity contribution is 0.638. The van der Waals surface area contributed by atoms with Gasteiger partial charge in [-0.3, -0.25) is 0 Å². The number of hydrogen-bond donors (Lipinski definition) is 0. The zero-order chi connectivity index (χ0) is 13.0. The first-order valence-electron chi connectivity index (χ1n) is 6.76. The number of halogens is 1. The molecule has 2 saturated carbocycles. The normalized spacial score (nSPS) is 42.6. The van der Waals surface area contributed by atoms with E-state index in [1.165, 1.54) is 18.4 Å². The van der Waals surface area contributed by atoms with Crippen molar-refractivity contribution < 1.29 is 0 Å². The van der Waals surface area contributed by atoms with E-state index < -0.39 is 0 Å². The summed E-state index contributed by atoms with van der Waals surface area (Å²) in [6.07, 6.45) is 8.84. The summed E-state index contributed by atoms with van der Waals surface area (Å²) in [6.45, 7) is 8.58. The highest BCUT2D eigenvalue weighted by Crippen LogP contribution is 2.90. The van der Waals surface area contributed by atoms with E-state index in [4.69, 9.17) is 11.6 Å². The SMILES string of the molecule is C=C1C#CC/C=C\C23CC2(C3)/C(Cl)=C\1CC(C)C. The number of rotatable bonds is 2. The Morgan fingerprint density at radius 2 is 2.17 bits per heavy atom. The van der Waals surface area contributed by atoms with Crippen LogP contribution in [-0.2, 0) is 0 Å². The van der Waals surface area contributed by atoms with Gasteiger partial charge < -0.3 is 0 Å². The van der Waals surface area contributed by atoms with Gasteiger partial charge in [-0.1, -0.05) is 56.0 Å². The van der Waals surface area contributed by atoms with E-state index in [1.807, 2.05) is 0 Å². The average Bonchev–Trinajstić information content (AvgIpc) is 3.09. The molecular weight excluding hydrogens is 240 g/mol. The third-order valence-corrected chi connectivity index (χ3v) is 5.09. The Hall–Kier alpha value is -0.930. The van der Waals surface area contributed by atoms with E-state index >= 15 is 0 Å². The Kier molecular flexibility index (Phi) is 2.55. The summed E-state index contributed by atoms with van der Waals surface area (Å²) in [7, 11) is 0. The molecule has 1 heteroatoms. The van der Waals surface area contributed by atoms with Crippen LogP contribution >= 0.6 is 11.6 Å². The topological polar surface area (TPSA) is 0 Å². The van der Waals surface area contributed by atoms with Gasteiger partial charge in [0.15, 0.2) is 0 Å². The first kappa shape index (κ1) is 12.1. The lowest BCUT2D eigenvalue weighted by Gasteiger charge is -2.14. The van der Waals surface area contributed by atoms with Crippen molar-refractivity contribution in [2.75, 3.05) is 0 Å². The van der Waals surface area contributed by atoms with Crippen molar-refractivity contribution in [2.24, 2.45) is 16.7 Å². The first-order valence-corrected chi connectivity index (χ1v) is 7.14. The lowest BCUT2D eigenvalue weighted by Crippen LogP contribution is -2.00. The molecule has 0 aromatic rings. The molecule has 0 aromatic heterocycles. The van der Waals surface area contributed by atoms with Crippen LogP contribution in [0.2, 0.25) is 0 Å². The van der Waals surface area contributed by atoms with Gasteiger partial charge >= 0.3 is 0 Å². The third-order valence-electron chi connectivity index (χ3n) is 4.50. The van der Waals surface area contributed by atoms with Crippen LogP contribution in [0.15, 0.2) is 34.9 Å². The monoisotopic (exact) mass is 258 g/mol. The quantitative estimate of drug-likeness (QED) is 0.492. The van der Waals surface area contributed by atoms with E-state index in [0.29, 0.717) is 11.3 Å². The molecule has 0 spiro atoms. The third kappa shape index (κ3) is 1.61. The molecule has 0 atom stereocenters. The van der Waals surface area contributed by atoms with Gasteiger partial charge in [0.2, 0.25) is 0 Å². The van der Waals surface area contributed by atoms with Crippen molar-refractivity contribution in [2.45, 2.75) is 39.5 Å². The fourth-order valence-corrected chi connectivity index (χ4v) is 3.72. The zero-order valence-corrected chi connectivity index (χ0v) is 11.9. The number of hydrogen-bond acceptors (Lipinski definition) is 0. The van der Waals surface area contributed by atoms with Crippen LogP contribution in [0.1, 0.15) is 39.5 Å². The predicted octanol–water partition coefficient (Wildman–Crippen LogP) is 4.83. The lowest BCUT2D eigenvalue weighted by atomic mass is 9.94. The van der Waals surface area contributed by atoms with Crippen molar-refractivity contribution in [3.8, 4) is 11.8 Å². The van der Waals surface area contributed by atoms with Gasteiger partial charge in [0.1, 0.15) is 0 Å². The molecule has 0 amide bonds. The molecule has 94 valence electrons. The van der Waals surface area contributed by atoms with Gasteiger partial charge in [-0.25, -0.2) is 0 Å². The molecule has 0 saturated heterocycles. The van der Waals surface area contributed by atoms with Gasteiger partial charge in [0.05, 0.1) is 0 Å². The predicted molar refractivity (Wildman–Crippen MR) is 77.1 cm³/mol. The maximum atomic E-state index is 6.71. The van der Waals surface area contributed by atoms with Crippen LogP contribution in [0.4, 0.5) is 0 Å². The average molecular weight is 259 g/mol. The molecule has 0 unspecified atom stereocenters. The fourth-order valence-electron chi connectivity index (χ4n) is 3.21. The maximum absolute atomic E-state index is 6.71. The van der Waals surface area contributed by atoms with Crippen LogP contribution in [0.3, 0.4) is 0 Å². The summed E-state index contributed by atoms with van der Waals surface area (Å²) in [6, 6.07) is 0.